The quantitative estimate of drug-likeness (QED) is 0.482. The molecule has 0 atom stereocenters. The van der Waals surface area contributed by atoms with Crippen molar-refractivity contribution < 1.29 is 13.6 Å². The zero-order valence-corrected chi connectivity index (χ0v) is 12.1. The van der Waals surface area contributed by atoms with Gasteiger partial charge in [0.2, 0.25) is 0 Å². The van der Waals surface area contributed by atoms with E-state index in [9.17, 15) is 4.79 Å². The number of halogens is 2. The number of hydrazone groups is 1. The Kier molecular flexibility index (Phi) is 4.00. The van der Waals surface area contributed by atoms with Crippen molar-refractivity contribution in [2.24, 2.45) is 5.10 Å². The number of amides is 1. The van der Waals surface area contributed by atoms with Crippen LogP contribution in [0.3, 0.4) is 0 Å². The van der Waals surface area contributed by atoms with Crippen molar-refractivity contribution >= 4 is 50.6 Å². The van der Waals surface area contributed by atoms with Gasteiger partial charge in [0, 0.05) is 28.7 Å². The van der Waals surface area contributed by atoms with E-state index in [1.54, 1.807) is 18.2 Å². The standard InChI is InChI=1S/C10H6BrIN2O3/c11-7-4-6(17-9(7)12)5-13-14-10(15)8-2-1-3-16-8/h1-5H,(H,14,15)/b13-5+. The van der Waals surface area contributed by atoms with E-state index < -0.39 is 5.91 Å². The van der Waals surface area contributed by atoms with E-state index in [4.69, 9.17) is 8.83 Å². The summed E-state index contributed by atoms with van der Waals surface area (Å²) in [5, 5.41) is 3.75. The van der Waals surface area contributed by atoms with Crippen LogP contribution < -0.4 is 5.43 Å². The van der Waals surface area contributed by atoms with Gasteiger partial charge in [-0.2, -0.15) is 5.10 Å². The molecule has 2 aromatic rings. The van der Waals surface area contributed by atoms with Crippen LogP contribution in [0.5, 0.6) is 0 Å². The van der Waals surface area contributed by atoms with Gasteiger partial charge in [-0.15, -0.1) is 0 Å². The number of rotatable bonds is 3. The normalized spacial score (nSPS) is 10.9. The SMILES string of the molecule is O=C(N/N=C/c1cc(Br)c(I)o1)c1ccco1. The highest BCUT2D eigenvalue weighted by Gasteiger charge is 2.07. The predicted molar refractivity (Wildman–Crippen MR) is 72.9 cm³/mol. The number of nitrogens with zero attached hydrogens (tertiary/aromatic N) is 1. The van der Waals surface area contributed by atoms with Crippen LogP contribution in [0.15, 0.2) is 42.9 Å². The lowest BCUT2D eigenvalue weighted by atomic mass is 10.4. The number of hydrogen-bond donors (Lipinski definition) is 1. The molecule has 1 N–H and O–H groups in total. The van der Waals surface area contributed by atoms with E-state index in [0.29, 0.717) is 5.76 Å². The third-order valence-electron chi connectivity index (χ3n) is 1.77. The fourth-order valence-corrected chi connectivity index (χ4v) is 1.76. The first kappa shape index (κ1) is 12.4. The van der Waals surface area contributed by atoms with Crippen LogP contribution in [0.1, 0.15) is 16.3 Å². The Morgan fingerprint density at radius 1 is 1.59 bits per heavy atom. The van der Waals surface area contributed by atoms with E-state index in [1.165, 1.54) is 12.5 Å². The minimum absolute atomic E-state index is 0.206. The lowest BCUT2D eigenvalue weighted by Crippen LogP contribution is -2.16. The molecule has 17 heavy (non-hydrogen) atoms. The van der Waals surface area contributed by atoms with Gasteiger partial charge in [0.25, 0.3) is 0 Å². The molecule has 0 aliphatic carbocycles. The summed E-state index contributed by atoms with van der Waals surface area (Å²) in [6.07, 6.45) is 2.83. The Morgan fingerprint density at radius 2 is 2.41 bits per heavy atom. The van der Waals surface area contributed by atoms with Gasteiger partial charge in [-0.25, -0.2) is 5.43 Å². The Hall–Kier alpha value is -1.09. The van der Waals surface area contributed by atoms with Crippen molar-refractivity contribution in [2.45, 2.75) is 0 Å². The molecule has 88 valence electrons. The maximum atomic E-state index is 11.4. The molecule has 0 aliphatic heterocycles. The number of hydrogen-bond acceptors (Lipinski definition) is 4. The molecule has 0 fully saturated rings. The molecule has 0 saturated heterocycles. The highest BCUT2D eigenvalue weighted by atomic mass is 127. The molecule has 0 aliphatic rings. The first-order valence-corrected chi connectivity index (χ1v) is 6.36. The fourth-order valence-electron chi connectivity index (χ4n) is 1.04. The average Bonchev–Trinajstić information content (AvgIpc) is 2.90. The number of carbonyl (C=O) groups is 1. The molecular weight excluding hydrogens is 403 g/mol. The van der Waals surface area contributed by atoms with E-state index in [1.807, 2.05) is 22.6 Å². The monoisotopic (exact) mass is 408 g/mol. The van der Waals surface area contributed by atoms with Gasteiger partial charge in [-0.1, -0.05) is 0 Å². The second kappa shape index (κ2) is 5.50. The minimum Gasteiger partial charge on any atom is -0.459 e. The zero-order chi connectivity index (χ0) is 12.3. The fraction of sp³-hybridized carbons (Fsp3) is 0. The van der Waals surface area contributed by atoms with Gasteiger partial charge in [0.15, 0.2) is 9.53 Å². The van der Waals surface area contributed by atoms with Crippen LogP contribution in [-0.2, 0) is 0 Å². The van der Waals surface area contributed by atoms with Crippen LogP contribution >= 0.6 is 38.5 Å². The molecule has 0 bridgehead atoms. The largest absolute Gasteiger partial charge is 0.459 e. The van der Waals surface area contributed by atoms with E-state index in [-0.39, 0.29) is 5.76 Å². The van der Waals surface area contributed by atoms with Gasteiger partial charge in [0.05, 0.1) is 17.0 Å². The zero-order valence-electron chi connectivity index (χ0n) is 8.31. The smallest absolute Gasteiger partial charge is 0.307 e. The van der Waals surface area contributed by atoms with Crippen molar-refractivity contribution in [3.8, 4) is 0 Å². The number of nitrogens with one attached hydrogen (secondary N) is 1. The highest BCUT2D eigenvalue weighted by Crippen LogP contribution is 2.21. The molecule has 0 unspecified atom stereocenters. The molecular formula is C10H6BrIN2O3. The van der Waals surface area contributed by atoms with Gasteiger partial charge in [0.1, 0.15) is 5.76 Å². The third kappa shape index (κ3) is 3.19. The molecule has 0 saturated carbocycles. The van der Waals surface area contributed by atoms with E-state index >= 15 is 0 Å². The molecule has 0 spiro atoms. The van der Waals surface area contributed by atoms with E-state index in [0.717, 1.165) is 8.24 Å². The maximum absolute atomic E-state index is 11.4. The van der Waals surface area contributed by atoms with Crippen molar-refractivity contribution in [3.63, 3.8) is 0 Å². The summed E-state index contributed by atoms with van der Waals surface area (Å²) in [6.45, 7) is 0. The second-order valence-electron chi connectivity index (χ2n) is 2.95. The van der Waals surface area contributed by atoms with Crippen LogP contribution in [0.4, 0.5) is 0 Å². The summed E-state index contributed by atoms with van der Waals surface area (Å²) in [6, 6.07) is 4.94. The maximum Gasteiger partial charge on any atom is 0.307 e. The Labute approximate surface area is 119 Å². The summed E-state index contributed by atoms with van der Waals surface area (Å²) < 4.78 is 11.8. The van der Waals surface area contributed by atoms with Crippen molar-refractivity contribution in [1.82, 2.24) is 5.43 Å². The lowest BCUT2D eigenvalue weighted by Gasteiger charge is -1.93. The van der Waals surface area contributed by atoms with Gasteiger partial charge < -0.3 is 8.83 Å². The topological polar surface area (TPSA) is 67.7 Å². The molecule has 2 aromatic heterocycles. The molecule has 2 heterocycles. The lowest BCUT2D eigenvalue weighted by molar-refractivity contribution is 0.0927. The van der Waals surface area contributed by atoms with E-state index in [2.05, 4.69) is 26.5 Å². The van der Waals surface area contributed by atoms with Crippen molar-refractivity contribution in [2.75, 3.05) is 0 Å². The predicted octanol–water partition coefficient (Wildman–Crippen LogP) is 3.00. The summed E-state index contributed by atoms with van der Waals surface area (Å²) in [5.74, 6) is 0.338. The van der Waals surface area contributed by atoms with Gasteiger partial charge in [-0.3, -0.25) is 4.79 Å². The van der Waals surface area contributed by atoms with Gasteiger partial charge in [-0.05, 0) is 28.1 Å². The summed E-state index contributed by atoms with van der Waals surface area (Å²) in [7, 11) is 0. The summed E-state index contributed by atoms with van der Waals surface area (Å²) in [5.41, 5.74) is 2.32. The first-order valence-electron chi connectivity index (χ1n) is 4.48. The molecule has 0 radical (unpaired) electrons. The van der Waals surface area contributed by atoms with Crippen LogP contribution in [0.25, 0.3) is 0 Å². The van der Waals surface area contributed by atoms with Crippen LogP contribution in [0, 0.1) is 3.77 Å². The number of carbonyl (C=O) groups excluding carboxylic acids is 1. The van der Waals surface area contributed by atoms with Crippen LogP contribution in [0.2, 0.25) is 0 Å². The van der Waals surface area contributed by atoms with Crippen molar-refractivity contribution in [1.29, 1.82) is 0 Å². The Balaban J connectivity index is 1.96. The Bertz CT molecular complexity index is 528. The Morgan fingerprint density at radius 3 is 3.00 bits per heavy atom. The molecule has 0 aromatic carbocycles. The highest BCUT2D eigenvalue weighted by molar-refractivity contribution is 14.1. The molecule has 1 amide bonds. The van der Waals surface area contributed by atoms with Crippen LogP contribution in [-0.4, -0.2) is 12.1 Å². The van der Waals surface area contributed by atoms with Crippen molar-refractivity contribution in [3.05, 3.63) is 44.2 Å². The third-order valence-corrected chi connectivity index (χ3v) is 3.90. The number of furan rings is 2. The molecule has 2 rings (SSSR count). The summed E-state index contributed by atoms with van der Waals surface area (Å²) in [4.78, 5) is 11.4. The molecule has 7 heteroatoms. The molecule has 5 nitrogen and oxygen atoms in total. The summed E-state index contributed by atoms with van der Waals surface area (Å²) >= 11 is 5.34. The first-order chi connectivity index (χ1) is 8.16. The average molecular weight is 409 g/mol. The van der Waals surface area contributed by atoms with Gasteiger partial charge >= 0.3 is 5.91 Å². The minimum atomic E-state index is -0.411. The second-order valence-corrected chi connectivity index (χ2v) is 4.78.